The van der Waals surface area contributed by atoms with Gasteiger partial charge in [0.05, 0.1) is 16.1 Å². The first-order chi connectivity index (χ1) is 10.5. The summed E-state index contributed by atoms with van der Waals surface area (Å²) >= 11 is 12.2. The summed E-state index contributed by atoms with van der Waals surface area (Å²) in [4.78, 5) is 23.9. The van der Waals surface area contributed by atoms with Crippen molar-refractivity contribution in [2.45, 2.75) is 18.9 Å². The van der Waals surface area contributed by atoms with Crippen LogP contribution in [-0.2, 0) is 13.5 Å². The first kappa shape index (κ1) is 15.1. The lowest BCUT2D eigenvalue weighted by Gasteiger charge is -2.15. The summed E-state index contributed by atoms with van der Waals surface area (Å²) < 4.78 is 1.42. The van der Waals surface area contributed by atoms with Crippen molar-refractivity contribution in [2.75, 3.05) is 0 Å². The highest BCUT2D eigenvalue weighted by Crippen LogP contribution is 2.39. The number of fused-ring (bicyclic) bond motifs is 1. The summed E-state index contributed by atoms with van der Waals surface area (Å²) in [6.45, 7) is 0. The Kier molecular flexibility index (Phi) is 3.98. The maximum absolute atomic E-state index is 12.3. The molecule has 114 valence electrons. The van der Waals surface area contributed by atoms with E-state index >= 15 is 0 Å². The van der Waals surface area contributed by atoms with Crippen molar-refractivity contribution < 1.29 is 4.79 Å². The van der Waals surface area contributed by atoms with Crippen LogP contribution in [0.1, 0.15) is 33.9 Å². The number of hydrogen-bond acceptors (Lipinski definition) is 2. The molecule has 1 amide bonds. The van der Waals surface area contributed by atoms with Gasteiger partial charge in [0.15, 0.2) is 0 Å². The molecule has 1 aromatic heterocycles. The lowest BCUT2D eigenvalue weighted by molar-refractivity contribution is 0.0936. The second-order valence-corrected chi connectivity index (χ2v) is 6.14. The van der Waals surface area contributed by atoms with Crippen LogP contribution in [0.15, 0.2) is 35.3 Å². The van der Waals surface area contributed by atoms with Crippen molar-refractivity contribution in [1.29, 1.82) is 0 Å². The number of aryl methyl sites for hydroxylation is 1. The van der Waals surface area contributed by atoms with Gasteiger partial charge in [-0.05, 0) is 36.1 Å². The lowest BCUT2D eigenvalue weighted by atomic mass is 10.1. The highest BCUT2D eigenvalue weighted by molar-refractivity contribution is 6.42. The van der Waals surface area contributed by atoms with Crippen LogP contribution in [-0.4, -0.2) is 10.5 Å². The summed E-state index contributed by atoms with van der Waals surface area (Å²) in [6, 6.07) is 6.49. The molecule has 0 saturated heterocycles. The minimum Gasteiger partial charge on any atom is -0.345 e. The highest BCUT2D eigenvalue weighted by Gasteiger charge is 2.27. The average Bonchev–Trinajstić information content (AvgIpc) is 2.89. The van der Waals surface area contributed by atoms with Gasteiger partial charge in [-0.25, -0.2) is 0 Å². The average molecular weight is 337 g/mol. The quantitative estimate of drug-likeness (QED) is 0.915. The molecule has 1 aliphatic rings. The zero-order valence-electron chi connectivity index (χ0n) is 11.9. The SMILES string of the molecule is Cn1ccc(C(=O)NC2CCc3c2ccc(Cl)c3Cl)cc1=O. The number of carbonyl (C=O) groups excluding carboxylic acids is 1. The number of pyridine rings is 1. The number of halogens is 2. The summed E-state index contributed by atoms with van der Waals surface area (Å²) in [5, 5.41) is 4.04. The predicted molar refractivity (Wildman–Crippen MR) is 86.7 cm³/mol. The van der Waals surface area contributed by atoms with E-state index in [1.807, 2.05) is 6.07 Å². The topological polar surface area (TPSA) is 51.1 Å². The number of amides is 1. The zero-order valence-corrected chi connectivity index (χ0v) is 13.4. The first-order valence-electron chi connectivity index (χ1n) is 6.91. The van der Waals surface area contributed by atoms with Gasteiger partial charge in [-0.3, -0.25) is 9.59 Å². The van der Waals surface area contributed by atoms with Gasteiger partial charge in [-0.1, -0.05) is 29.3 Å². The van der Waals surface area contributed by atoms with Crippen LogP contribution in [0.5, 0.6) is 0 Å². The number of hydrogen-bond donors (Lipinski definition) is 1. The van der Waals surface area contributed by atoms with E-state index in [-0.39, 0.29) is 17.5 Å². The van der Waals surface area contributed by atoms with Gasteiger partial charge < -0.3 is 9.88 Å². The fourth-order valence-corrected chi connectivity index (χ4v) is 3.16. The normalized spacial score (nSPS) is 16.4. The van der Waals surface area contributed by atoms with Crippen molar-refractivity contribution in [3.63, 3.8) is 0 Å². The van der Waals surface area contributed by atoms with E-state index in [2.05, 4.69) is 5.32 Å². The first-order valence-corrected chi connectivity index (χ1v) is 7.67. The summed E-state index contributed by atoms with van der Waals surface area (Å²) in [5.74, 6) is -0.262. The van der Waals surface area contributed by atoms with E-state index in [0.29, 0.717) is 15.6 Å². The van der Waals surface area contributed by atoms with Gasteiger partial charge >= 0.3 is 0 Å². The number of carbonyl (C=O) groups is 1. The van der Waals surface area contributed by atoms with Crippen LogP contribution in [0.25, 0.3) is 0 Å². The minimum absolute atomic E-state index is 0.110. The molecule has 4 nitrogen and oxygen atoms in total. The van der Waals surface area contributed by atoms with Gasteiger partial charge in [0.2, 0.25) is 0 Å². The molecule has 2 aromatic rings. The zero-order chi connectivity index (χ0) is 15.9. The molecule has 0 bridgehead atoms. The Bertz CT molecular complexity index is 814. The third-order valence-corrected chi connectivity index (χ3v) is 4.81. The van der Waals surface area contributed by atoms with Crippen molar-refractivity contribution in [1.82, 2.24) is 9.88 Å². The van der Waals surface area contributed by atoms with Gasteiger partial charge in [-0.2, -0.15) is 0 Å². The maximum atomic E-state index is 12.3. The molecule has 0 radical (unpaired) electrons. The third-order valence-electron chi connectivity index (χ3n) is 3.96. The Balaban J connectivity index is 1.84. The minimum atomic E-state index is -0.262. The molecule has 0 fully saturated rings. The van der Waals surface area contributed by atoms with Gasteiger partial charge in [0, 0.05) is 24.9 Å². The molecular formula is C16H14Cl2N2O2. The van der Waals surface area contributed by atoms with E-state index in [1.54, 1.807) is 25.4 Å². The Morgan fingerprint density at radius 1 is 1.32 bits per heavy atom. The number of nitrogens with one attached hydrogen (secondary N) is 1. The van der Waals surface area contributed by atoms with Gasteiger partial charge in [0.25, 0.3) is 11.5 Å². The van der Waals surface area contributed by atoms with Crippen molar-refractivity contribution in [3.8, 4) is 0 Å². The predicted octanol–water partition coefficient (Wildman–Crippen LogP) is 3.11. The van der Waals surface area contributed by atoms with Crippen molar-refractivity contribution in [2.24, 2.45) is 7.05 Å². The molecular weight excluding hydrogens is 323 g/mol. The van der Waals surface area contributed by atoms with E-state index in [4.69, 9.17) is 23.2 Å². The largest absolute Gasteiger partial charge is 0.345 e. The Labute approximate surface area is 137 Å². The number of nitrogens with zero attached hydrogens (tertiary/aromatic N) is 1. The molecule has 0 spiro atoms. The molecule has 1 unspecified atom stereocenters. The number of rotatable bonds is 2. The standard InChI is InChI=1S/C16H14Cl2N2O2/c1-20-7-6-9(8-14(20)21)16(22)19-13-5-3-11-10(13)2-4-12(17)15(11)18/h2,4,6-8,13H,3,5H2,1H3,(H,19,22). The third kappa shape index (κ3) is 2.64. The monoisotopic (exact) mass is 336 g/mol. The summed E-state index contributed by atoms with van der Waals surface area (Å²) in [7, 11) is 1.64. The molecule has 0 aliphatic heterocycles. The second-order valence-electron chi connectivity index (χ2n) is 5.36. The van der Waals surface area contributed by atoms with Crippen molar-refractivity contribution >= 4 is 29.1 Å². The Morgan fingerprint density at radius 2 is 2.09 bits per heavy atom. The lowest BCUT2D eigenvalue weighted by Crippen LogP contribution is -2.28. The van der Waals surface area contributed by atoms with Crippen LogP contribution in [0.2, 0.25) is 10.0 Å². The molecule has 22 heavy (non-hydrogen) atoms. The Morgan fingerprint density at radius 3 is 2.82 bits per heavy atom. The molecule has 1 heterocycles. The van der Waals surface area contributed by atoms with Crippen LogP contribution in [0.4, 0.5) is 0 Å². The van der Waals surface area contributed by atoms with Gasteiger partial charge in [0.1, 0.15) is 0 Å². The van der Waals surface area contributed by atoms with E-state index < -0.39 is 0 Å². The van der Waals surface area contributed by atoms with Crippen molar-refractivity contribution in [3.05, 3.63) is 67.6 Å². The smallest absolute Gasteiger partial charge is 0.252 e. The second kappa shape index (κ2) is 5.78. The van der Waals surface area contributed by atoms with Gasteiger partial charge in [-0.15, -0.1) is 0 Å². The molecule has 1 aliphatic carbocycles. The van der Waals surface area contributed by atoms with Crippen LogP contribution >= 0.6 is 23.2 Å². The maximum Gasteiger partial charge on any atom is 0.252 e. The molecule has 1 N–H and O–H groups in total. The molecule has 0 saturated carbocycles. The fraction of sp³-hybridized carbons (Fsp3) is 0.250. The molecule has 1 atom stereocenters. The van der Waals surface area contributed by atoms with E-state index in [0.717, 1.165) is 24.0 Å². The van der Waals surface area contributed by atoms with Crippen LogP contribution in [0.3, 0.4) is 0 Å². The number of benzene rings is 1. The van der Waals surface area contributed by atoms with Crippen LogP contribution < -0.4 is 10.9 Å². The fourth-order valence-electron chi connectivity index (χ4n) is 2.71. The van der Waals surface area contributed by atoms with Crippen LogP contribution in [0, 0.1) is 0 Å². The molecule has 6 heteroatoms. The number of aromatic nitrogens is 1. The Hall–Kier alpha value is -1.78. The van der Waals surface area contributed by atoms with E-state index in [9.17, 15) is 9.59 Å². The summed E-state index contributed by atoms with van der Waals surface area (Å²) in [5.41, 5.74) is 2.13. The molecule has 1 aromatic carbocycles. The highest BCUT2D eigenvalue weighted by atomic mass is 35.5. The van der Waals surface area contributed by atoms with E-state index in [1.165, 1.54) is 10.6 Å². The summed E-state index contributed by atoms with van der Waals surface area (Å²) in [6.07, 6.45) is 3.12. The molecule has 3 rings (SSSR count).